The third-order valence-electron chi connectivity index (χ3n) is 4.46. The molecule has 0 aliphatic rings. The molecule has 3 rings (SSSR count). The molecule has 0 aliphatic heterocycles. The molecule has 0 saturated carbocycles. The molecule has 0 radical (unpaired) electrons. The highest BCUT2D eigenvalue weighted by atomic mass is 79.9. The number of benzene rings is 1. The fourth-order valence-electron chi connectivity index (χ4n) is 2.83. The second-order valence-electron chi connectivity index (χ2n) is 6.50. The van der Waals surface area contributed by atoms with Gasteiger partial charge in [-0.2, -0.15) is 5.10 Å². The number of methoxy groups -OCH3 is 1. The van der Waals surface area contributed by atoms with Crippen LogP contribution in [0, 0.1) is 19.8 Å². The van der Waals surface area contributed by atoms with Crippen molar-refractivity contribution in [2.45, 2.75) is 27.3 Å². The molecule has 1 atom stereocenters. The number of fused-ring (bicyclic) bond motifs is 1. The van der Waals surface area contributed by atoms with E-state index in [9.17, 15) is 9.59 Å². The van der Waals surface area contributed by atoms with Crippen molar-refractivity contribution in [1.82, 2.24) is 9.78 Å². The number of carbonyl (C=O) groups excluding carboxylic acids is 2. The topological polar surface area (TPSA) is 73.2 Å². The van der Waals surface area contributed by atoms with Crippen LogP contribution in [0.3, 0.4) is 0 Å². The third kappa shape index (κ3) is 3.94. The Labute approximate surface area is 179 Å². The summed E-state index contributed by atoms with van der Waals surface area (Å²) < 4.78 is 8.35. The van der Waals surface area contributed by atoms with Crippen LogP contribution in [0.15, 0.2) is 22.7 Å². The van der Waals surface area contributed by atoms with Crippen LogP contribution in [0.25, 0.3) is 10.1 Å². The molecular formula is C19H19BrClN3O3S. The van der Waals surface area contributed by atoms with E-state index < -0.39 is 5.97 Å². The number of carbonyl (C=O) groups is 2. The molecule has 1 amide bonds. The normalized spacial score (nSPS) is 12.2. The van der Waals surface area contributed by atoms with Crippen LogP contribution in [-0.4, -0.2) is 28.8 Å². The maximum absolute atomic E-state index is 12.6. The van der Waals surface area contributed by atoms with Crippen LogP contribution >= 0.6 is 38.9 Å². The first kappa shape index (κ1) is 20.8. The van der Waals surface area contributed by atoms with Crippen molar-refractivity contribution in [2.24, 2.45) is 5.92 Å². The number of aryl methyl sites for hydroxylation is 1. The molecule has 1 N–H and O–H groups in total. The molecule has 3 aromatic rings. The summed E-state index contributed by atoms with van der Waals surface area (Å²) in [5.74, 6) is -0.863. The van der Waals surface area contributed by atoms with Gasteiger partial charge in [-0.3, -0.25) is 9.48 Å². The lowest BCUT2D eigenvalue weighted by molar-refractivity contribution is -0.119. The van der Waals surface area contributed by atoms with E-state index in [1.54, 1.807) is 12.1 Å². The molecule has 148 valence electrons. The van der Waals surface area contributed by atoms with E-state index in [0.29, 0.717) is 22.1 Å². The van der Waals surface area contributed by atoms with E-state index >= 15 is 0 Å². The van der Waals surface area contributed by atoms with Gasteiger partial charge < -0.3 is 10.1 Å². The highest BCUT2D eigenvalue weighted by Gasteiger charge is 2.20. The van der Waals surface area contributed by atoms with Gasteiger partial charge >= 0.3 is 5.97 Å². The van der Waals surface area contributed by atoms with E-state index in [1.807, 2.05) is 31.5 Å². The Balaban J connectivity index is 1.76. The van der Waals surface area contributed by atoms with Crippen molar-refractivity contribution < 1.29 is 14.3 Å². The van der Waals surface area contributed by atoms with Gasteiger partial charge in [-0.25, -0.2) is 4.79 Å². The molecule has 1 unspecified atom stereocenters. The van der Waals surface area contributed by atoms with E-state index in [2.05, 4.69) is 26.3 Å². The van der Waals surface area contributed by atoms with Gasteiger partial charge in [0.15, 0.2) is 0 Å². The SMILES string of the molecule is COC(=O)c1sc2cc(NC(=O)C(C)Cn3nc(C)c(Br)c3C)ccc2c1Cl. The predicted octanol–water partition coefficient (Wildman–Crippen LogP) is 5.19. The average molecular weight is 485 g/mol. The first-order chi connectivity index (χ1) is 13.2. The lowest BCUT2D eigenvalue weighted by Crippen LogP contribution is -2.25. The summed E-state index contributed by atoms with van der Waals surface area (Å²) >= 11 is 11.0. The third-order valence-corrected chi connectivity index (χ3v) is 7.24. The number of aromatic nitrogens is 2. The molecule has 0 fully saturated rings. The average Bonchev–Trinajstić information content (AvgIpc) is 3.12. The van der Waals surface area contributed by atoms with Crippen LogP contribution in [0.4, 0.5) is 5.69 Å². The number of esters is 1. The number of ether oxygens (including phenoxy) is 1. The van der Waals surface area contributed by atoms with Crippen molar-refractivity contribution in [3.63, 3.8) is 0 Å². The fraction of sp³-hybridized carbons (Fsp3) is 0.316. The first-order valence-electron chi connectivity index (χ1n) is 8.53. The minimum absolute atomic E-state index is 0.112. The van der Waals surface area contributed by atoms with Gasteiger partial charge in [0.1, 0.15) is 4.88 Å². The van der Waals surface area contributed by atoms with Crippen LogP contribution < -0.4 is 5.32 Å². The van der Waals surface area contributed by atoms with Crippen molar-refractivity contribution in [2.75, 3.05) is 12.4 Å². The van der Waals surface area contributed by atoms with Crippen molar-refractivity contribution >= 4 is 66.5 Å². The monoisotopic (exact) mass is 483 g/mol. The molecule has 0 saturated heterocycles. The maximum atomic E-state index is 12.6. The minimum atomic E-state index is -0.471. The standard InChI is InChI=1S/C19H19BrClN3O3S/c1-9(8-24-11(3)15(20)10(2)23-24)18(25)22-12-5-6-13-14(7-12)28-17(16(13)21)19(26)27-4/h5-7,9H,8H2,1-4H3,(H,22,25). The lowest BCUT2D eigenvalue weighted by atomic mass is 10.1. The first-order valence-corrected chi connectivity index (χ1v) is 10.5. The van der Waals surface area contributed by atoms with Gasteiger partial charge in [-0.15, -0.1) is 11.3 Å². The number of rotatable bonds is 5. The summed E-state index contributed by atoms with van der Waals surface area (Å²) in [5.41, 5.74) is 2.53. The largest absolute Gasteiger partial charge is 0.465 e. The number of nitrogens with zero attached hydrogens (tertiary/aromatic N) is 2. The van der Waals surface area contributed by atoms with Crippen LogP contribution in [0.2, 0.25) is 5.02 Å². The summed E-state index contributed by atoms with van der Waals surface area (Å²) in [6, 6.07) is 5.37. The Kier molecular flexibility index (Phi) is 6.12. The van der Waals surface area contributed by atoms with Crippen molar-refractivity contribution in [3.8, 4) is 0 Å². The lowest BCUT2D eigenvalue weighted by Gasteiger charge is -2.13. The van der Waals surface area contributed by atoms with Crippen LogP contribution in [0.1, 0.15) is 28.0 Å². The number of hydrogen-bond acceptors (Lipinski definition) is 5. The molecule has 0 bridgehead atoms. The highest BCUT2D eigenvalue weighted by molar-refractivity contribution is 9.10. The summed E-state index contributed by atoms with van der Waals surface area (Å²) in [5, 5.41) is 8.50. The Bertz CT molecular complexity index is 1080. The van der Waals surface area contributed by atoms with Crippen LogP contribution in [-0.2, 0) is 16.1 Å². The van der Waals surface area contributed by atoms with Crippen LogP contribution in [0.5, 0.6) is 0 Å². The second kappa shape index (κ2) is 8.23. The Morgan fingerprint density at radius 3 is 2.71 bits per heavy atom. The molecular weight excluding hydrogens is 466 g/mol. The number of halogens is 2. The zero-order valence-corrected chi connectivity index (χ0v) is 19.0. The zero-order chi connectivity index (χ0) is 20.6. The molecule has 0 aliphatic carbocycles. The Morgan fingerprint density at radius 2 is 2.11 bits per heavy atom. The molecule has 2 heterocycles. The number of nitrogens with one attached hydrogen (secondary N) is 1. The highest BCUT2D eigenvalue weighted by Crippen LogP contribution is 2.37. The molecule has 1 aromatic carbocycles. The summed E-state index contributed by atoms with van der Waals surface area (Å²) in [6.45, 7) is 6.21. The number of thiophene rings is 1. The molecule has 0 spiro atoms. The van der Waals surface area contributed by atoms with Gasteiger partial charge in [0.2, 0.25) is 5.91 Å². The second-order valence-corrected chi connectivity index (χ2v) is 8.73. The minimum Gasteiger partial charge on any atom is -0.465 e. The van der Waals surface area contributed by atoms with Gasteiger partial charge in [-0.05, 0) is 48.0 Å². The molecule has 9 heteroatoms. The fourth-order valence-corrected chi connectivity index (χ4v) is 4.58. The van der Waals surface area contributed by atoms with Gasteiger partial charge in [0.05, 0.1) is 34.8 Å². The number of amides is 1. The van der Waals surface area contributed by atoms with Gasteiger partial charge in [0.25, 0.3) is 0 Å². The smallest absolute Gasteiger partial charge is 0.349 e. The summed E-state index contributed by atoms with van der Waals surface area (Å²) in [7, 11) is 1.32. The zero-order valence-electron chi connectivity index (χ0n) is 15.8. The Hall–Kier alpha value is -1.90. The van der Waals surface area contributed by atoms with Gasteiger partial charge in [0, 0.05) is 21.5 Å². The summed E-state index contributed by atoms with van der Waals surface area (Å²) in [6.07, 6.45) is 0. The molecule has 28 heavy (non-hydrogen) atoms. The molecule has 2 aromatic heterocycles. The quantitative estimate of drug-likeness (QED) is 0.506. The van der Waals surface area contributed by atoms with Crippen molar-refractivity contribution in [1.29, 1.82) is 0 Å². The van der Waals surface area contributed by atoms with Gasteiger partial charge in [-0.1, -0.05) is 18.5 Å². The summed E-state index contributed by atoms with van der Waals surface area (Å²) in [4.78, 5) is 24.8. The predicted molar refractivity (Wildman–Crippen MR) is 115 cm³/mol. The van der Waals surface area contributed by atoms with E-state index in [0.717, 1.165) is 25.9 Å². The van der Waals surface area contributed by atoms with Crippen molar-refractivity contribution in [3.05, 3.63) is 44.0 Å². The Morgan fingerprint density at radius 1 is 1.39 bits per heavy atom. The number of anilines is 1. The maximum Gasteiger partial charge on any atom is 0.349 e. The molecule has 6 nitrogen and oxygen atoms in total. The van der Waals surface area contributed by atoms with E-state index in [-0.39, 0.29) is 11.8 Å². The van der Waals surface area contributed by atoms with E-state index in [4.69, 9.17) is 16.3 Å². The number of hydrogen-bond donors (Lipinski definition) is 1. The van der Waals surface area contributed by atoms with E-state index in [1.165, 1.54) is 18.4 Å².